The Hall–Kier alpha value is -2.66. The van der Waals surface area contributed by atoms with Crippen LogP contribution in [0.25, 0.3) is 33.3 Å². The number of imidazole rings is 1. The van der Waals surface area contributed by atoms with Crippen LogP contribution in [0.5, 0.6) is 0 Å². The van der Waals surface area contributed by atoms with Crippen LogP contribution >= 0.6 is 0 Å². The number of nitrogens with one attached hydrogen (secondary N) is 2. The number of benzene rings is 1. The van der Waals surface area contributed by atoms with Crippen LogP contribution in [-0.4, -0.2) is 37.9 Å². The smallest absolute Gasteiger partial charge is 0.178 e. The Labute approximate surface area is 171 Å². The average molecular weight is 388 g/mol. The average Bonchev–Trinajstić information content (AvgIpc) is 3.30. The van der Waals surface area contributed by atoms with Gasteiger partial charge in [0.05, 0.1) is 5.52 Å². The molecule has 5 nitrogen and oxygen atoms in total. The first-order valence-corrected chi connectivity index (χ1v) is 10.7. The van der Waals surface area contributed by atoms with Gasteiger partial charge in [0.1, 0.15) is 5.82 Å². The maximum atomic E-state index is 4.46. The summed E-state index contributed by atoms with van der Waals surface area (Å²) in [5.41, 5.74) is 6.51. The first-order chi connectivity index (χ1) is 14.1. The maximum Gasteiger partial charge on any atom is 0.178 e. The highest BCUT2D eigenvalue weighted by Gasteiger charge is 2.21. The highest BCUT2D eigenvalue weighted by atomic mass is 15.1. The third-order valence-corrected chi connectivity index (χ3v) is 6.53. The molecule has 2 N–H and O–H groups in total. The maximum absolute atomic E-state index is 4.46. The Kier molecular flexibility index (Phi) is 4.63. The van der Waals surface area contributed by atoms with Crippen molar-refractivity contribution < 1.29 is 0 Å². The van der Waals surface area contributed by atoms with Crippen molar-refractivity contribution in [3.63, 3.8) is 0 Å². The van der Waals surface area contributed by atoms with Crippen LogP contribution in [0.2, 0.25) is 0 Å². The van der Waals surface area contributed by atoms with E-state index < -0.39 is 0 Å². The molecule has 1 aliphatic carbocycles. The molecule has 1 saturated carbocycles. The van der Waals surface area contributed by atoms with Gasteiger partial charge in [-0.3, -0.25) is 4.90 Å². The van der Waals surface area contributed by atoms with Crippen molar-refractivity contribution in [2.24, 2.45) is 5.92 Å². The Morgan fingerprint density at radius 1 is 1.07 bits per heavy atom. The summed E-state index contributed by atoms with van der Waals surface area (Å²) >= 11 is 0. The van der Waals surface area contributed by atoms with Gasteiger partial charge in [0.2, 0.25) is 0 Å². The SMILES string of the molecule is Cc1nc2nccc(-c3cc4cc(CN(C)C5CCC(C)CC5)ccc4[nH]3)c2[nH]1. The third-order valence-electron chi connectivity index (χ3n) is 6.53. The van der Waals surface area contributed by atoms with E-state index >= 15 is 0 Å². The zero-order chi connectivity index (χ0) is 20.0. The molecule has 1 fully saturated rings. The second-order valence-electron chi connectivity index (χ2n) is 8.81. The highest BCUT2D eigenvalue weighted by Crippen LogP contribution is 2.30. The summed E-state index contributed by atoms with van der Waals surface area (Å²) in [6.45, 7) is 5.36. The lowest BCUT2D eigenvalue weighted by molar-refractivity contribution is 0.164. The number of H-pyrrole nitrogens is 2. The first kappa shape index (κ1) is 18.4. The van der Waals surface area contributed by atoms with Gasteiger partial charge >= 0.3 is 0 Å². The van der Waals surface area contributed by atoms with Crippen molar-refractivity contribution in [2.45, 2.75) is 52.1 Å². The fraction of sp³-hybridized carbons (Fsp3) is 0.417. The molecule has 0 aliphatic heterocycles. The summed E-state index contributed by atoms with van der Waals surface area (Å²) in [4.78, 5) is 18.3. The Balaban J connectivity index is 1.41. The number of pyridine rings is 1. The molecule has 1 aliphatic rings. The monoisotopic (exact) mass is 387 g/mol. The number of rotatable bonds is 4. The molecule has 0 unspecified atom stereocenters. The molecule has 0 spiro atoms. The molecule has 0 bridgehead atoms. The minimum absolute atomic E-state index is 0.720. The predicted molar refractivity (Wildman–Crippen MR) is 119 cm³/mol. The minimum Gasteiger partial charge on any atom is -0.354 e. The summed E-state index contributed by atoms with van der Waals surface area (Å²) in [6, 6.07) is 11.8. The normalized spacial score (nSPS) is 20.1. The fourth-order valence-electron chi connectivity index (χ4n) is 4.78. The van der Waals surface area contributed by atoms with Crippen LogP contribution < -0.4 is 0 Å². The summed E-state index contributed by atoms with van der Waals surface area (Å²) in [5, 5.41) is 1.25. The standard InChI is InChI=1S/C24H29N5/c1-15-4-7-19(8-5-15)29(3)14-17-6-9-21-18(12-17)13-22(28-21)20-10-11-25-24-23(20)26-16(2)27-24/h6,9-13,15,19,28H,4-5,7-8,14H2,1-3H3,(H,25,26,27). The number of aryl methyl sites for hydroxylation is 1. The van der Waals surface area contributed by atoms with E-state index in [-0.39, 0.29) is 0 Å². The quantitative estimate of drug-likeness (QED) is 0.491. The van der Waals surface area contributed by atoms with Crippen LogP contribution in [0.1, 0.15) is 44.0 Å². The van der Waals surface area contributed by atoms with Crippen molar-refractivity contribution in [1.29, 1.82) is 0 Å². The lowest BCUT2D eigenvalue weighted by Gasteiger charge is -2.33. The number of hydrogen-bond acceptors (Lipinski definition) is 3. The van der Waals surface area contributed by atoms with Gasteiger partial charge in [0.15, 0.2) is 5.65 Å². The zero-order valence-corrected chi connectivity index (χ0v) is 17.5. The molecule has 5 rings (SSSR count). The van der Waals surface area contributed by atoms with E-state index in [4.69, 9.17) is 0 Å². The topological polar surface area (TPSA) is 60.6 Å². The van der Waals surface area contributed by atoms with E-state index in [1.807, 2.05) is 19.2 Å². The minimum atomic E-state index is 0.720. The van der Waals surface area contributed by atoms with Crippen molar-refractivity contribution in [3.8, 4) is 11.3 Å². The molecule has 0 saturated heterocycles. The number of nitrogens with zero attached hydrogens (tertiary/aromatic N) is 3. The molecule has 29 heavy (non-hydrogen) atoms. The summed E-state index contributed by atoms with van der Waals surface area (Å²) in [6.07, 6.45) is 7.21. The van der Waals surface area contributed by atoms with Crippen LogP contribution in [0, 0.1) is 12.8 Å². The van der Waals surface area contributed by atoms with Crippen molar-refractivity contribution in [1.82, 2.24) is 24.8 Å². The number of fused-ring (bicyclic) bond motifs is 2. The summed E-state index contributed by atoms with van der Waals surface area (Å²) in [7, 11) is 2.28. The van der Waals surface area contributed by atoms with Crippen molar-refractivity contribution in [2.75, 3.05) is 7.05 Å². The first-order valence-electron chi connectivity index (χ1n) is 10.7. The molecule has 5 heteroatoms. The lowest BCUT2D eigenvalue weighted by atomic mass is 9.86. The molecular weight excluding hydrogens is 358 g/mol. The van der Waals surface area contributed by atoms with E-state index in [0.29, 0.717) is 0 Å². The van der Waals surface area contributed by atoms with Crippen LogP contribution in [0.3, 0.4) is 0 Å². The molecule has 150 valence electrons. The molecule has 0 amide bonds. The van der Waals surface area contributed by atoms with Gasteiger partial charge in [-0.15, -0.1) is 0 Å². The zero-order valence-electron chi connectivity index (χ0n) is 17.5. The Bertz CT molecular complexity index is 1150. The van der Waals surface area contributed by atoms with Crippen molar-refractivity contribution in [3.05, 3.63) is 47.9 Å². The van der Waals surface area contributed by atoms with Gasteiger partial charge in [-0.2, -0.15) is 0 Å². The van der Waals surface area contributed by atoms with Gasteiger partial charge in [0.25, 0.3) is 0 Å². The van der Waals surface area contributed by atoms with Crippen molar-refractivity contribution >= 4 is 22.1 Å². The number of aromatic nitrogens is 4. The third kappa shape index (κ3) is 3.55. The molecule has 0 radical (unpaired) electrons. The molecular formula is C24H29N5. The van der Waals surface area contributed by atoms with Gasteiger partial charge in [0, 0.05) is 40.9 Å². The van der Waals surface area contributed by atoms with Gasteiger partial charge in [-0.25, -0.2) is 9.97 Å². The van der Waals surface area contributed by atoms with E-state index in [1.165, 1.54) is 42.1 Å². The largest absolute Gasteiger partial charge is 0.354 e. The number of aromatic amines is 2. The van der Waals surface area contributed by atoms with E-state index in [9.17, 15) is 0 Å². The number of hydrogen-bond donors (Lipinski definition) is 2. The summed E-state index contributed by atoms with van der Waals surface area (Å²) < 4.78 is 0. The predicted octanol–water partition coefficient (Wildman–Crippen LogP) is 5.43. The van der Waals surface area contributed by atoms with Gasteiger partial charge < -0.3 is 9.97 Å². The Morgan fingerprint density at radius 2 is 1.90 bits per heavy atom. The molecule has 3 heterocycles. The summed E-state index contributed by atoms with van der Waals surface area (Å²) in [5.74, 6) is 1.78. The van der Waals surface area contributed by atoms with Crippen LogP contribution in [-0.2, 0) is 6.54 Å². The van der Waals surface area contributed by atoms with Crippen LogP contribution in [0.15, 0.2) is 36.5 Å². The van der Waals surface area contributed by atoms with Crippen LogP contribution in [0.4, 0.5) is 0 Å². The Morgan fingerprint density at radius 3 is 2.72 bits per heavy atom. The molecule has 0 atom stereocenters. The van der Waals surface area contributed by atoms with E-state index in [2.05, 4.69) is 63.1 Å². The van der Waals surface area contributed by atoms with Gasteiger partial charge in [-0.05, 0) is 75.4 Å². The molecule has 4 aromatic rings. The molecule has 1 aromatic carbocycles. The lowest BCUT2D eigenvalue weighted by Crippen LogP contribution is -2.34. The second kappa shape index (κ2) is 7.30. The highest BCUT2D eigenvalue weighted by molar-refractivity contribution is 5.94. The second-order valence-corrected chi connectivity index (χ2v) is 8.81. The van der Waals surface area contributed by atoms with Gasteiger partial charge in [-0.1, -0.05) is 13.0 Å². The van der Waals surface area contributed by atoms with E-state index in [1.54, 1.807) is 0 Å². The fourth-order valence-corrected chi connectivity index (χ4v) is 4.78. The van der Waals surface area contributed by atoms with E-state index in [0.717, 1.165) is 46.8 Å². The molecule has 3 aromatic heterocycles.